The van der Waals surface area contributed by atoms with Gasteiger partial charge in [0.05, 0.1) is 5.57 Å². The number of hydrogen-bond donors (Lipinski definition) is 1. The Hall–Kier alpha value is -3.66. The van der Waals surface area contributed by atoms with Gasteiger partial charge < -0.3 is 5.32 Å². The zero-order chi connectivity index (χ0) is 22.0. The average molecular weight is 411 g/mol. The third-order valence-corrected chi connectivity index (χ3v) is 5.69. The van der Waals surface area contributed by atoms with Crippen LogP contribution in [0.2, 0.25) is 0 Å². The summed E-state index contributed by atoms with van der Waals surface area (Å²) in [5.41, 5.74) is 6.61. The molecular weight excluding hydrogens is 384 g/mol. The second-order valence-corrected chi connectivity index (χ2v) is 8.01. The van der Waals surface area contributed by atoms with Crippen LogP contribution in [0, 0.1) is 20.8 Å². The summed E-state index contributed by atoms with van der Waals surface area (Å²) < 4.78 is 0. The summed E-state index contributed by atoms with van der Waals surface area (Å²) in [5, 5.41) is 3.28. The Kier molecular flexibility index (Phi) is 5.72. The predicted octanol–water partition coefficient (Wildman–Crippen LogP) is 5.05. The van der Waals surface area contributed by atoms with Crippen LogP contribution in [0.3, 0.4) is 0 Å². The van der Waals surface area contributed by atoms with E-state index >= 15 is 0 Å². The van der Waals surface area contributed by atoms with Gasteiger partial charge in [0.2, 0.25) is 0 Å². The summed E-state index contributed by atoms with van der Waals surface area (Å²) in [6.45, 7) is 6.32. The minimum atomic E-state index is -0.279. The standard InChI is InChI=1S/C27H26N2O2/c1-18-13-14-22(20(3)17-18)24-25(28-23-12-8-7-9-19(23)2)27(31)29(26(24)30)16-15-21-10-5-4-6-11-21/h4-14,17,28H,15-16H2,1-3H3. The van der Waals surface area contributed by atoms with Crippen molar-refractivity contribution < 1.29 is 9.59 Å². The molecule has 3 aromatic carbocycles. The molecule has 0 unspecified atom stereocenters. The number of carbonyl (C=O) groups excluding carboxylic acids is 2. The minimum Gasteiger partial charge on any atom is -0.350 e. The number of carbonyl (C=O) groups is 2. The van der Waals surface area contributed by atoms with E-state index in [2.05, 4.69) is 5.32 Å². The van der Waals surface area contributed by atoms with Crippen LogP contribution >= 0.6 is 0 Å². The van der Waals surface area contributed by atoms with E-state index < -0.39 is 0 Å². The van der Waals surface area contributed by atoms with Gasteiger partial charge in [0, 0.05) is 12.2 Å². The number of para-hydroxylation sites is 1. The molecule has 2 amide bonds. The van der Waals surface area contributed by atoms with Gasteiger partial charge in [0.1, 0.15) is 5.70 Å². The lowest BCUT2D eigenvalue weighted by atomic mass is 9.97. The molecule has 156 valence electrons. The SMILES string of the molecule is Cc1ccc(C2=C(Nc3ccccc3C)C(=O)N(CCc3ccccc3)C2=O)c(C)c1. The summed E-state index contributed by atoms with van der Waals surface area (Å²) in [6, 6.07) is 23.6. The van der Waals surface area contributed by atoms with Gasteiger partial charge in [-0.15, -0.1) is 0 Å². The molecule has 1 aliphatic heterocycles. The van der Waals surface area contributed by atoms with Crippen LogP contribution in [-0.2, 0) is 16.0 Å². The largest absolute Gasteiger partial charge is 0.350 e. The molecular formula is C27H26N2O2. The average Bonchev–Trinajstić information content (AvgIpc) is 2.98. The molecule has 0 saturated heterocycles. The number of amides is 2. The summed E-state index contributed by atoms with van der Waals surface area (Å²) in [4.78, 5) is 28.2. The number of benzene rings is 3. The number of anilines is 1. The molecule has 0 spiro atoms. The molecule has 3 aromatic rings. The van der Waals surface area contributed by atoms with Crippen molar-refractivity contribution in [3.8, 4) is 0 Å². The van der Waals surface area contributed by atoms with Gasteiger partial charge in [-0.05, 0) is 55.5 Å². The van der Waals surface area contributed by atoms with Crippen molar-refractivity contribution in [2.75, 3.05) is 11.9 Å². The maximum atomic E-state index is 13.5. The van der Waals surface area contributed by atoms with Crippen LogP contribution in [0.15, 0.2) is 78.5 Å². The van der Waals surface area contributed by atoms with Crippen LogP contribution in [0.5, 0.6) is 0 Å². The van der Waals surface area contributed by atoms with Crippen molar-refractivity contribution in [3.63, 3.8) is 0 Å². The highest BCUT2D eigenvalue weighted by molar-refractivity contribution is 6.36. The van der Waals surface area contributed by atoms with Crippen molar-refractivity contribution in [2.45, 2.75) is 27.2 Å². The fourth-order valence-corrected chi connectivity index (χ4v) is 3.97. The van der Waals surface area contributed by atoms with Gasteiger partial charge in [0.25, 0.3) is 11.8 Å². The molecule has 0 aliphatic carbocycles. The predicted molar refractivity (Wildman–Crippen MR) is 125 cm³/mol. The first kappa shape index (κ1) is 20.6. The normalized spacial score (nSPS) is 13.8. The van der Waals surface area contributed by atoms with E-state index in [1.807, 2.05) is 93.6 Å². The molecule has 1 aliphatic rings. The summed E-state index contributed by atoms with van der Waals surface area (Å²) in [5.74, 6) is -0.525. The van der Waals surface area contributed by atoms with Gasteiger partial charge in [-0.2, -0.15) is 0 Å². The van der Waals surface area contributed by atoms with Gasteiger partial charge >= 0.3 is 0 Å². The lowest BCUT2D eigenvalue weighted by Crippen LogP contribution is -2.34. The van der Waals surface area contributed by atoms with E-state index in [-0.39, 0.29) is 11.8 Å². The van der Waals surface area contributed by atoms with Crippen LogP contribution in [-0.4, -0.2) is 23.3 Å². The Morgan fingerprint density at radius 1 is 0.774 bits per heavy atom. The van der Waals surface area contributed by atoms with Gasteiger partial charge in [0.15, 0.2) is 0 Å². The van der Waals surface area contributed by atoms with E-state index in [9.17, 15) is 9.59 Å². The molecule has 0 fully saturated rings. The fraction of sp³-hybridized carbons (Fsp3) is 0.185. The van der Waals surface area contributed by atoms with E-state index in [0.717, 1.165) is 33.5 Å². The Morgan fingerprint density at radius 3 is 2.19 bits per heavy atom. The van der Waals surface area contributed by atoms with E-state index in [4.69, 9.17) is 0 Å². The van der Waals surface area contributed by atoms with E-state index in [0.29, 0.717) is 24.2 Å². The quantitative estimate of drug-likeness (QED) is 0.579. The number of nitrogens with zero attached hydrogens (tertiary/aromatic N) is 1. The molecule has 1 heterocycles. The smallest absolute Gasteiger partial charge is 0.278 e. The zero-order valence-corrected chi connectivity index (χ0v) is 18.1. The number of imide groups is 1. The van der Waals surface area contributed by atoms with Crippen LogP contribution in [0.4, 0.5) is 5.69 Å². The molecule has 0 saturated carbocycles. The molecule has 4 nitrogen and oxygen atoms in total. The first-order valence-corrected chi connectivity index (χ1v) is 10.5. The maximum absolute atomic E-state index is 13.5. The van der Waals surface area contributed by atoms with Crippen molar-refractivity contribution in [3.05, 3.63) is 106 Å². The minimum absolute atomic E-state index is 0.246. The maximum Gasteiger partial charge on any atom is 0.278 e. The van der Waals surface area contributed by atoms with Crippen molar-refractivity contribution in [1.82, 2.24) is 4.90 Å². The zero-order valence-electron chi connectivity index (χ0n) is 18.1. The first-order chi connectivity index (χ1) is 15.0. The van der Waals surface area contributed by atoms with Gasteiger partial charge in [-0.25, -0.2) is 0 Å². The summed E-state index contributed by atoms with van der Waals surface area (Å²) >= 11 is 0. The van der Waals surface area contributed by atoms with Gasteiger partial charge in [-0.1, -0.05) is 72.3 Å². The lowest BCUT2D eigenvalue weighted by molar-refractivity contribution is -0.136. The molecule has 0 aromatic heterocycles. The highest BCUT2D eigenvalue weighted by Gasteiger charge is 2.39. The lowest BCUT2D eigenvalue weighted by Gasteiger charge is -2.16. The van der Waals surface area contributed by atoms with E-state index in [1.165, 1.54) is 4.90 Å². The number of aryl methyl sites for hydroxylation is 3. The molecule has 4 heteroatoms. The molecule has 0 atom stereocenters. The number of hydrogen-bond acceptors (Lipinski definition) is 3. The van der Waals surface area contributed by atoms with Crippen molar-refractivity contribution in [2.24, 2.45) is 0 Å². The molecule has 1 N–H and O–H groups in total. The number of nitrogens with one attached hydrogen (secondary N) is 1. The highest BCUT2D eigenvalue weighted by atomic mass is 16.2. The Labute approximate surface area is 183 Å². The Bertz CT molecular complexity index is 1180. The third kappa shape index (κ3) is 4.15. The number of rotatable bonds is 6. The van der Waals surface area contributed by atoms with Crippen molar-refractivity contribution >= 4 is 23.1 Å². The topological polar surface area (TPSA) is 49.4 Å². The fourth-order valence-electron chi connectivity index (χ4n) is 3.97. The second-order valence-electron chi connectivity index (χ2n) is 8.01. The second kappa shape index (κ2) is 8.60. The van der Waals surface area contributed by atoms with Crippen LogP contribution in [0.1, 0.15) is 27.8 Å². The highest BCUT2D eigenvalue weighted by Crippen LogP contribution is 2.33. The van der Waals surface area contributed by atoms with Crippen LogP contribution in [0.25, 0.3) is 5.57 Å². The Balaban J connectivity index is 1.73. The third-order valence-electron chi connectivity index (χ3n) is 5.69. The first-order valence-electron chi connectivity index (χ1n) is 10.5. The monoisotopic (exact) mass is 410 g/mol. The Morgan fingerprint density at radius 2 is 1.48 bits per heavy atom. The summed E-state index contributed by atoms with van der Waals surface area (Å²) in [6.07, 6.45) is 0.621. The summed E-state index contributed by atoms with van der Waals surface area (Å²) in [7, 11) is 0. The molecule has 0 radical (unpaired) electrons. The molecule has 0 bridgehead atoms. The molecule has 31 heavy (non-hydrogen) atoms. The van der Waals surface area contributed by atoms with Gasteiger partial charge in [-0.3, -0.25) is 14.5 Å². The van der Waals surface area contributed by atoms with E-state index in [1.54, 1.807) is 0 Å². The molecule has 4 rings (SSSR count). The van der Waals surface area contributed by atoms with Crippen LogP contribution < -0.4 is 5.32 Å². The van der Waals surface area contributed by atoms with Crippen molar-refractivity contribution in [1.29, 1.82) is 0 Å².